The first-order valence-corrected chi connectivity index (χ1v) is 8.29. The molecule has 0 atom stereocenters. The van der Waals surface area contributed by atoms with E-state index in [-0.39, 0.29) is 16.7 Å². The number of amides is 1. The van der Waals surface area contributed by atoms with Crippen molar-refractivity contribution in [2.24, 2.45) is 0 Å². The lowest BCUT2D eigenvalue weighted by atomic mass is 10.1. The van der Waals surface area contributed by atoms with Crippen molar-refractivity contribution in [2.75, 3.05) is 6.54 Å². The Morgan fingerprint density at radius 2 is 1.71 bits per heavy atom. The topological polar surface area (TPSA) is 49.3 Å². The van der Waals surface area contributed by atoms with Crippen molar-refractivity contribution in [2.45, 2.75) is 58.3 Å². The molecule has 21 heavy (non-hydrogen) atoms. The largest absolute Gasteiger partial charge is 0.506 e. The number of phenolic OH excluding ortho intramolecular Hbond substituents is 1. The fourth-order valence-corrected chi connectivity index (χ4v) is 2.39. The first-order valence-electron chi connectivity index (χ1n) is 7.92. The van der Waals surface area contributed by atoms with E-state index >= 15 is 0 Å². The molecule has 2 N–H and O–H groups in total. The molecule has 0 radical (unpaired) electrons. The van der Waals surface area contributed by atoms with E-state index in [1.165, 1.54) is 50.7 Å². The zero-order valence-corrected chi connectivity index (χ0v) is 13.6. The number of aromatic hydroxyl groups is 1. The van der Waals surface area contributed by atoms with Gasteiger partial charge in [0.15, 0.2) is 0 Å². The predicted molar refractivity (Wildman–Crippen MR) is 88.1 cm³/mol. The second-order valence-electron chi connectivity index (χ2n) is 5.40. The molecule has 118 valence electrons. The molecule has 1 amide bonds. The summed E-state index contributed by atoms with van der Waals surface area (Å²) in [6, 6.07) is 4.50. The quantitative estimate of drug-likeness (QED) is 0.603. The average Bonchev–Trinajstić information content (AvgIpc) is 2.48. The molecule has 0 heterocycles. The zero-order valence-electron chi connectivity index (χ0n) is 12.8. The number of nitrogens with one attached hydrogen (secondary N) is 1. The van der Waals surface area contributed by atoms with E-state index in [9.17, 15) is 9.90 Å². The Morgan fingerprint density at radius 1 is 1.10 bits per heavy atom. The molecule has 1 rings (SSSR count). The van der Waals surface area contributed by atoms with Crippen LogP contribution < -0.4 is 5.32 Å². The van der Waals surface area contributed by atoms with E-state index in [1.807, 2.05) is 0 Å². The van der Waals surface area contributed by atoms with Crippen LogP contribution in [0, 0.1) is 0 Å². The number of benzene rings is 1. The van der Waals surface area contributed by atoms with E-state index in [0.717, 1.165) is 12.8 Å². The molecular weight excluding hydrogens is 286 g/mol. The second kappa shape index (κ2) is 10.5. The van der Waals surface area contributed by atoms with Gasteiger partial charge in [-0.1, -0.05) is 63.5 Å². The van der Waals surface area contributed by atoms with Crippen molar-refractivity contribution in [1.29, 1.82) is 0 Å². The Kier molecular flexibility index (Phi) is 8.91. The Balaban J connectivity index is 2.09. The molecular formula is C17H26ClNO2. The maximum atomic E-state index is 11.9. The summed E-state index contributed by atoms with van der Waals surface area (Å²) in [5.74, 6) is -0.142. The van der Waals surface area contributed by atoms with Crippen molar-refractivity contribution >= 4 is 17.5 Å². The molecule has 0 bridgehead atoms. The van der Waals surface area contributed by atoms with E-state index in [2.05, 4.69) is 12.2 Å². The fraction of sp³-hybridized carbons (Fsp3) is 0.588. The van der Waals surface area contributed by atoms with Crippen LogP contribution in [-0.4, -0.2) is 17.6 Å². The highest BCUT2D eigenvalue weighted by atomic mass is 35.5. The third kappa shape index (κ3) is 7.37. The van der Waals surface area contributed by atoms with Gasteiger partial charge in [0.25, 0.3) is 5.91 Å². The van der Waals surface area contributed by atoms with Gasteiger partial charge >= 0.3 is 0 Å². The van der Waals surface area contributed by atoms with Crippen LogP contribution in [-0.2, 0) is 0 Å². The van der Waals surface area contributed by atoms with Crippen molar-refractivity contribution in [3.8, 4) is 5.75 Å². The summed E-state index contributed by atoms with van der Waals surface area (Å²) in [5, 5.41) is 12.4. The third-order valence-corrected chi connectivity index (χ3v) is 3.83. The molecule has 3 nitrogen and oxygen atoms in total. The normalized spacial score (nSPS) is 10.6. The number of phenols is 1. The molecule has 0 aliphatic carbocycles. The smallest absolute Gasteiger partial charge is 0.251 e. The third-order valence-electron chi connectivity index (χ3n) is 3.53. The number of hydrogen-bond donors (Lipinski definition) is 2. The van der Waals surface area contributed by atoms with Gasteiger partial charge in [0.1, 0.15) is 5.75 Å². The van der Waals surface area contributed by atoms with Crippen LogP contribution in [0.3, 0.4) is 0 Å². The van der Waals surface area contributed by atoms with Crippen LogP contribution in [0.25, 0.3) is 0 Å². The van der Waals surface area contributed by atoms with Crippen LogP contribution in [0.4, 0.5) is 0 Å². The van der Waals surface area contributed by atoms with Crippen LogP contribution >= 0.6 is 11.6 Å². The van der Waals surface area contributed by atoms with Gasteiger partial charge in [0.2, 0.25) is 0 Å². The Morgan fingerprint density at radius 3 is 2.33 bits per heavy atom. The zero-order chi connectivity index (χ0) is 15.5. The second-order valence-corrected chi connectivity index (χ2v) is 5.80. The maximum Gasteiger partial charge on any atom is 0.251 e. The molecule has 0 spiro atoms. The van der Waals surface area contributed by atoms with Crippen LogP contribution in [0.15, 0.2) is 18.2 Å². The lowest BCUT2D eigenvalue weighted by molar-refractivity contribution is 0.0953. The van der Waals surface area contributed by atoms with E-state index in [0.29, 0.717) is 12.1 Å². The van der Waals surface area contributed by atoms with E-state index in [4.69, 9.17) is 11.6 Å². The molecule has 0 saturated heterocycles. The van der Waals surface area contributed by atoms with Gasteiger partial charge in [-0.25, -0.2) is 0 Å². The van der Waals surface area contributed by atoms with Crippen LogP contribution in [0.5, 0.6) is 5.75 Å². The summed E-state index contributed by atoms with van der Waals surface area (Å²) in [5.41, 5.74) is 0.484. The highest BCUT2D eigenvalue weighted by Gasteiger charge is 2.07. The van der Waals surface area contributed by atoms with E-state index < -0.39 is 0 Å². The molecule has 1 aromatic rings. The average molecular weight is 312 g/mol. The van der Waals surface area contributed by atoms with Crippen LogP contribution in [0.2, 0.25) is 5.02 Å². The predicted octanol–water partition coefficient (Wildman–Crippen LogP) is 4.92. The summed E-state index contributed by atoms with van der Waals surface area (Å²) < 4.78 is 0. The number of rotatable bonds is 10. The number of carbonyl (C=O) groups excluding carboxylic acids is 1. The summed E-state index contributed by atoms with van der Waals surface area (Å²) in [6.45, 7) is 2.91. The minimum absolute atomic E-state index is 0.00344. The number of carbonyl (C=O) groups is 1. The molecule has 0 aliphatic rings. The molecule has 0 unspecified atom stereocenters. The van der Waals surface area contributed by atoms with Gasteiger partial charge in [0, 0.05) is 12.1 Å². The highest BCUT2D eigenvalue weighted by Crippen LogP contribution is 2.23. The summed E-state index contributed by atoms with van der Waals surface area (Å²) >= 11 is 5.78. The van der Waals surface area contributed by atoms with Crippen molar-refractivity contribution in [3.05, 3.63) is 28.8 Å². The SMILES string of the molecule is CCCCCCCCCCNC(=O)c1ccc(O)c(Cl)c1. The van der Waals surface area contributed by atoms with Gasteiger partial charge < -0.3 is 10.4 Å². The standard InChI is InChI=1S/C17H26ClNO2/c1-2-3-4-5-6-7-8-9-12-19-17(21)14-10-11-16(20)15(18)13-14/h10-11,13,20H,2-9,12H2,1H3,(H,19,21). The highest BCUT2D eigenvalue weighted by molar-refractivity contribution is 6.32. The fourth-order valence-electron chi connectivity index (χ4n) is 2.21. The lowest BCUT2D eigenvalue weighted by Crippen LogP contribution is -2.24. The Hall–Kier alpha value is -1.22. The first kappa shape index (κ1) is 17.8. The van der Waals surface area contributed by atoms with Gasteiger partial charge in [0.05, 0.1) is 5.02 Å². The number of halogens is 1. The summed E-state index contributed by atoms with van der Waals surface area (Å²) in [6.07, 6.45) is 9.99. The summed E-state index contributed by atoms with van der Waals surface area (Å²) in [4.78, 5) is 11.9. The summed E-state index contributed by atoms with van der Waals surface area (Å²) in [7, 11) is 0. The van der Waals surface area contributed by atoms with Crippen LogP contribution in [0.1, 0.15) is 68.6 Å². The molecule has 4 heteroatoms. The lowest BCUT2D eigenvalue weighted by Gasteiger charge is -2.06. The molecule has 1 aromatic carbocycles. The Bertz CT molecular complexity index is 435. The van der Waals surface area contributed by atoms with Gasteiger partial charge in [-0.2, -0.15) is 0 Å². The molecule has 0 fully saturated rings. The minimum atomic E-state index is -0.139. The van der Waals surface area contributed by atoms with Gasteiger partial charge in [-0.15, -0.1) is 0 Å². The monoisotopic (exact) mass is 311 g/mol. The van der Waals surface area contributed by atoms with Crippen molar-refractivity contribution in [3.63, 3.8) is 0 Å². The molecule has 0 aromatic heterocycles. The first-order chi connectivity index (χ1) is 10.1. The number of hydrogen-bond acceptors (Lipinski definition) is 2. The van der Waals surface area contributed by atoms with Gasteiger partial charge in [-0.3, -0.25) is 4.79 Å². The van der Waals surface area contributed by atoms with Crippen molar-refractivity contribution < 1.29 is 9.90 Å². The molecule has 0 aliphatic heterocycles. The Labute approximate surface area is 132 Å². The van der Waals surface area contributed by atoms with Crippen molar-refractivity contribution in [1.82, 2.24) is 5.32 Å². The molecule has 0 saturated carbocycles. The van der Waals surface area contributed by atoms with Gasteiger partial charge in [-0.05, 0) is 24.6 Å². The maximum absolute atomic E-state index is 11.9. The minimum Gasteiger partial charge on any atom is -0.506 e. The number of unbranched alkanes of at least 4 members (excludes halogenated alkanes) is 7. The van der Waals surface area contributed by atoms with E-state index in [1.54, 1.807) is 6.07 Å².